The summed E-state index contributed by atoms with van der Waals surface area (Å²) in [5.41, 5.74) is 12.6. The zero-order valence-electron chi connectivity index (χ0n) is 23.2. The maximum absolute atomic E-state index is 13.5. The number of benzene rings is 3. The van der Waals surface area contributed by atoms with Crippen molar-refractivity contribution in [1.29, 1.82) is 0 Å². The van der Waals surface area contributed by atoms with Gasteiger partial charge in [0.25, 0.3) is 0 Å². The lowest BCUT2D eigenvalue weighted by Gasteiger charge is -2.32. The maximum Gasteiger partial charge on any atom is 0.322 e. The van der Waals surface area contributed by atoms with Crippen molar-refractivity contribution in [2.24, 2.45) is 11.8 Å². The van der Waals surface area contributed by atoms with Crippen molar-refractivity contribution in [2.75, 3.05) is 17.0 Å². The number of para-hydroxylation sites is 1. The van der Waals surface area contributed by atoms with Gasteiger partial charge in [0.1, 0.15) is 5.82 Å². The van der Waals surface area contributed by atoms with Gasteiger partial charge in [-0.05, 0) is 85.2 Å². The summed E-state index contributed by atoms with van der Waals surface area (Å²) in [7, 11) is 1.83. The number of nitrogens with one attached hydrogen (secondary N) is 2. The van der Waals surface area contributed by atoms with Gasteiger partial charge in [-0.2, -0.15) is 0 Å². The van der Waals surface area contributed by atoms with Crippen LogP contribution in [-0.2, 0) is 0 Å². The molecule has 2 amide bonds. The lowest BCUT2D eigenvalue weighted by atomic mass is 9.78. The molecule has 6 heteroatoms. The monoisotopic (exact) mass is 534 g/mol. The summed E-state index contributed by atoms with van der Waals surface area (Å²) < 4.78 is 13.5. The van der Waals surface area contributed by atoms with Crippen molar-refractivity contribution in [3.8, 4) is 0 Å². The average Bonchev–Trinajstić information content (AvgIpc) is 3.58. The number of hydrogen-bond acceptors (Lipinski definition) is 3. The van der Waals surface area contributed by atoms with Crippen LogP contribution in [0.3, 0.4) is 0 Å². The van der Waals surface area contributed by atoms with E-state index >= 15 is 0 Å². The van der Waals surface area contributed by atoms with E-state index in [1.54, 1.807) is 17.0 Å². The quantitative estimate of drug-likeness (QED) is 0.343. The van der Waals surface area contributed by atoms with Crippen LogP contribution in [0.2, 0.25) is 0 Å². The lowest BCUT2D eigenvalue weighted by molar-refractivity contribution is 0.241. The summed E-state index contributed by atoms with van der Waals surface area (Å²) in [5, 5.41) is 5.40. The van der Waals surface area contributed by atoms with Crippen LogP contribution in [0.15, 0.2) is 114 Å². The van der Waals surface area contributed by atoms with Gasteiger partial charge in [0.15, 0.2) is 0 Å². The van der Waals surface area contributed by atoms with Gasteiger partial charge in [-0.1, -0.05) is 61.0 Å². The SMILES string of the molecule is Cc1ccccc1N(C)C(=O)NC(C[C@H]1CCC2=C1[C@@H](C)C1=CNN(c3ccc(F)cc3)C1=C2)c1ccccc1. The molecule has 2 N–H and O–H groups in total. The number of hydrazine groups is 1. The smallest absolute Gasteiger partial charge is 0.322 e. The van der Waals surface area contributed by atoms with Gasteiger partial charge in [-0.15, -0.1) is 0 Å². The molecule has 204 valence electrons. The number of carbonyl (C=O) groups is 1. The van der Waals surface area contributed by atoms with Crippen molar-refractivity contribution >= 4 is 17.4 Å². The highest BCUT2D eigenvalue weighted by Crippen LogP contribution is 2.49. The Hall–Kier alpha value is -4.32. The zero-order valence-corrected chi connectivity index (χ0v) is 23.2. The molecule has 6 rings (SSSR count). The van der Waals surface area contributed by atoms with Gasteiger partial charge >= 0.3 is 6.03 Å². The number of allylic oxidation sites excluding steroid dienone is 4. The van der Waals surface area contributed by atoms with Crippen LogP contribution in [0.4, 0.5) is 20.6 Å². The summed E-state index contributed by atoms with van der Waals surface area (Å²) in [5.74, 6) is 0.371. The lowest BCUT2D eigenvalue weighted by Crippen LogP contribution is -2.40. The summed E-state index contributed by atoms with van der Waals surface area (Å²) in [6, 6.07) is 24.6. The molecule has 3 aromatic rings. The van der Waals surface area contributed by atoms with Gasteiger partial charge in [0.2, 0.25) is 0 Å². The van der Waals surface area contributed by atoms with E-state index in [4.69, 9.17) is 0 Å². The normalized spacial score (nSPS) is 20.2. The van der Waals surface area contributed by atoms with E-state index in [9.17, 15) is 9.18 Å². The molecule has 1 unspecified atom stereocenters. The van der Waals surface area contributed by atoms with E-state index in [1.165, 1.54) is 28.9 Å². The highest BCUT2D eigenvalue weighted by Gasteiger charge is 2.39. The van der Waals surface area contributed by atoms with Gasteiger partial charge in [-0.3, -0.25) is 9.91 Å². The number of hydrogen-bond donors (Lipinski definition) is 2. The topological polar surface area (TPSA) is 47.6 Å². The van der Waals surface area contributed by atoms with E-state index < -0.39 is 0 Å². The fraction of sp³-hybridized carbons (Fsp3) is 0.265. The van der Waals surface area contributed by atoms with Crippen molar-refractivity contribution in [1.82, 2.24) is 10.7 Å². The summed E-state index contributed by atoms with van der Waals surface area (Å²) in [4.78, 5) is 15.2. The highest BCUT2D eigenvalue weighted by molar-refractivity contribution is 5.92. The molecule has 3 aliphatic rings. The molecule has 40 heavy (non-hydrogen) atoms. The molecule has 0 spiro atoms. The first-order chi connectivity index (χ1) is 19.4. The molecule has 3 aromatic carbocycles. The standard InChI is InChI=1S/C34H35FN4O/c1-22-9-7-8-12-31(22)38(3)34(40)37-30(24-10-5-4-6-11-24)19-25-13-14-26-20-32-29(23(2)33(25)26)21-36-39(32)28-17-15-27(35)16-18-28/h4-12,15-18,20-21,23,25,30,36H,13-14,19H2,1-3H3,(H,37,40)/t23-,25+,30?/m0/s1. The Balaban J connectivity index is 1.26. The first kappa shape index (κ1) is 25.9. The van der Waals surface area contributed by atoms with Gasteiger partial charge in [-0.25, -0.2) is 9.18 Å². The Morgan fingerprint density at radius 1 is 1.07 bits per heavy atom. The van der Waals surface area contributed by atoms with E-state index in [0.29, 0.717) is 5.92 Å². The molecule has 0 aromatic heterocycles. The third-order valence-electron chi connectivity index (χ3n) is 8.59. The predicted molar refractivity (Wildman–Crippen MR) is 159 cm³/mol. The molecule has 0 saturated carbocycles. The number of halogens is 1. The second kappa shape index (κ2) is 10.7. The van der Waals surface area contributed by atoms with E-state index in [-0.39, 0.29) is 23.8 Å². The Kier molecular flexibility index (Phi) is 6.93. The predicted octanol–water partition coefficient (Wildman–Crippen LogP) is 7.56. The third kappa shape index (κ3) is 4.79. The molecule has 0 saturated heterocycles. The van der Waals surface area contributed by atoms with Crippen LogP contribution in [0, 0.1) is 24.6 Å². The first-order valence-corrected chi connectivity index (χ1v) is 14.0. The summed E-state index contributed by atoms with van der Waals surface area (Å²) >= 11 is 0. The second-order valence-electron chi connectivity index (χ2n) is 11.0. The van der Waals surface area contributed by atoms with Gasteiger partial charge < -0.3 is 10.7 Å². The van der Waals surface area contributed by atoms with Crippen LogP contribution in [0.25, 0.3) is 0 Å². The van der Waals surface area contributed by atoms with E-state index in [2.05, 4.69) is 42.1 Å². The molecule has 2 aliphatic carbocycles. The minimum atomic E-state index is -0.240. The number of rotatable bonds is 6. The summed E-state index contributed by atoms with van der Waals surface area (Å²) in [6.07, 6.45) is 7.28. The number of urea groups is 1. The number of amides is 2. The van der Waals surface area contributed by atoms with Crippen LogP contribution < -0.4 is 20.7 Å². The minimum absolute atomic E-state index is 0.105. The fourth-order valence-electron chi connectivity index (χ4n) is 6.50. The van der Waals surface area contributed by atoms with Crippen LogP contribution in [0.5, 0.6) is 0 Å². The van der Waals surface area contributed by atoms with Gasteiger partial charge in [0, 0.05) is 30.4 Å². The first-order valence-electron chi connectivity index (χ1n) is 14.0. The molecular weight excluding hydrogens is 499 g/mol. The molecule has 1 heterocycles. The number of fused-ring (bicyclic) bond motifs is 1. The fourth-order valence-corrected chi connectivity index (χ4v) is 6.50. The number of aryl methyl sites for hydroxylation is 1. The second-order valence-corrected chi connectivity index (χ2v) is 11.0. The Labute approximate surface area is 235 Å². The molecule has 1 aliphatic heterocycles. The van der Waals surface area contributed by atoms with E-state index in [1.807, 2.05) is 61.4 Å². The van der Waals surface area contributed by atoms with Gasteiger partial charge in [0.05, 0.1) is 17.4 Å². The molecule has 0 bridgehead atoms. The van der Waals surface area contributed by atoms with Crippen molar-refractivity contribution in [3.05, 3.63) is 130 Å². The zero-order chi connectivity index (χ0) is 27.8. The molecule has 0 radical (unpaired) electrons. The number of carbonyl (C=O) groups excluding carboxylic acids is 1. The Bertz CT molecular complexity index is 1510. The van der Waals surface area contributed by atoms with Crippen molar-refractivity contribution in [3.63, 3.8) is 0 Å². The van der Waals surface area contributed by atoms with Crippen LogP contribution in [-0.4, -0.2) is 13.1 Å². The molecular formula is C34H35FN4O. The van der Waals surface area contributed by atoms with Crippen molar-refractivity contribution < 1.29 is 9.18 Å². The Morgan fingerprint density at radius 3 is 2.55 bits per heavy atom. The maximum atomic E-state index is 13.5. The number of anilines is 2. The van der Waals surface area contributed by atoms with E-state index in [0.717, 1.165) is 47.5 Å². The minimum Gasteiger partial charge on any atom is -0.331 e. The molecule has 3 atom stereocenters. The van der Waals surface area contributed by atoms with Crippen LogP contribution >= 0.6 is 0 Å². The third-order valence-corrected chi connectivity index (χ3v) is 8.59. The molecule has 5 nitrogen and oxygen atoms in total. The number of nitrogens with zero attached hydrogens (tertiary/aromatic N) is 2. The van der Waals surface area contributed by atoms with Crippen molar-refractivity contribution in [2.45, 2.75) is 39.2 Å². The summed E-state index contributed by atoms with van der Waals surface area (Å²) in [6.45, 7) is 4.31. The average molecular weight is 535 g/mol. The largest absolute Gasteiger partial charge is 0.331 e. The Morgan fingerprint density at radius 2 is 1.80 bits per heavy atom. The highest BCUT2D eigenvalue weighted by atomic mass is 19.1. The molecule has 0 fully saturated rings. The van der Waals surface area contributed by atoms with Crippen LogP contribution in [0.1, 0.15) is 43.4 Å².